The van der Waals surface area contributed by atoms with Gasteiger partial charge in [0.1, 0.15) is 6.61 Å². The smallest absolute Gasteiger partial charge is 0.246 e. The quantitative estimate of drug-likeness (QED) is 0.725. The molecular weight excluding hydrogens is 356 g/mol. The maximum atomic E-state index is 12.8. The van der Waals surface area contributed by atoms with Crippen LogP contribution in [0.2, 0.25) is 0 Å². The summed E-state index contributed by atoms with van der Waals surface area (Å²) in [6.45, 7) is 8.24. The Balaban J connectivity index is 1.82. The monoisotopic (exact) mass is 394 g/mol. The molecule has 2 aliphatic carbocycles. The van der Waals surface area contributed by atoms with Crippen LogP contribution < -0.4 is 5.32 Å². The maximum Gasteiger partial charge on any atom is 0.246 e. The zero-order chi connectivity index (χ0) is 20.6. The minimum absolute atomic E-state index is 0.00607. The fourth-order valence-electron chi connectivity index (χ4n) is 6.26. The van der Waals surface area contributed by atoms with Crippen molar-refractivity contribution in [1.29, 1.82) is 0 Å². The molecule has 2 N–H and O–H groups in total. The number of ether oxygens (including phenoxy) is 1. The largest absolute Gasteiger partial charge is 0.390 e. The van der Waals surface area contributed by atoms with Crippen molar-refractivity contribution in [3.05, 3.63) is 0 Å². The van der Waals surface area contributed by atoms with Gasteiger partial charge in [0.2, 0.25) is 11.8 Å². The summed E-state index contributed by atoms with van der Waals surface area (Å²) in [6, 6.07) is 0.0256. The van der Waals surface area contributed by atoms with Gasteiger partial charge in [-0.3, -0.25) is 9.59 Å². The molecule has 0 unspecified atom stereocenters. The molecule has 3 aliphatic rings. The van der Waals surface area contributed by atoms with Crippen LogP contribution in [0.5, 0.6) is 0 Å². The fourth-order valence-corrected chi connectivity index (χ4v) is 6.26. The highest BCUT2D eigenvalue weighted by atomic mass is 16.5. The number of likely N-dealkylation sites (tertiary alicyclic amines) is 1. The second kappa shape index (κ2) is 7.94. The molecule has 2 saturated carbocycles. The van der Waals surface area contributed by atoms with Crippen molar-refractivity contribution < 1.29 is 19.4 Å². The third kappa shape index (κ3) is 4.23. The van der Waals surface area contributed by atoms with Gasteiger partial charge in [0.15, 0.2) is 0 Å². The van der Waals surface area contributed by atoms with Crippen LogP contribution in [0.15, 0.2) is 0 Å². The highest BCUT2D eigenvalue weighted by Crippen LogP contribution is 2.63. The predicted molar refractivity (Wildman–Crippen MR) is 108 cm³/mol. The minimum Gasteiger partial charge on any atom is -0.390 e. The Morgan fingerprint density at radius 1 is 1.14 bits per heavy atom. The van der Waals surface area contributed by atoms with Gasteiger partial charge >= 0.3 is 0 Å². The summed E-state index contributed by atoms with van der Waals surface area (Å²) >= 11 is 0. The molecule has 0 spiro atoms. The first kappa shape index (κ1) is 21.6. The molecule has 6 nitrogen and oxygen atoms in total. The van der Waals surface area contributed by atoms with E-state index < -0.39 is 5.60 Å². The molecule has 3 fully saturated rings. The minimum atomic E-state index is -0.671. The van der Waals surface area contributed by atoms with Crippen LogP contribution in [0.1, 0.15) is 72.1 Å². The summed E-state index contributed by atoms with van der Waals surface area (Å²) in [5, 5.41) is 14.0. The average molecular weight is 395 g/mol. The van der Waals surface area contributed by atoms with Crippen LogP contribution in [0.3, 0.4) is 0 Å². The lowest BCUT2D eigenvalue weighted by Crippen LogP contribution is -2.53. The van der Waals surface area contributed by atoms with Crippen molar-refractivity contribution in [2.75, 3.05) is 26.8 Å². The highest BCUT2D eigenvalue weighted by molar-refractivity contribution is 5.78. The van der Waals surface area contributed by atoms with Crippen molar-refractivity contribution in [2.45, 2.75) is 83.8 Å². The van der Waals surface area contributed by atoms with Crippen LogP contribution >= 0.6 is 0 Å². The molecule has 0 bridgehead atoms. The number of rotatable bonds is 6. The molecule has 0 aromatic carbocycles. The van der Waals surface area contributed by atoms with E-state index in [0.717, 1.165) is 51.6 Å². The summed E-state index contributed by atoms with van der Waals surface area (Å²) in [5.74, 6) is 0.434. The van der Waals surface area contributed by atoms with Crippen molar-refractivity contribution in [3.8, 4) is 0 Å². The number of hydrogen-bond donors (Lipinski definition) is 2. The van der Waals surface area contributed by atoms with E-state index in [4.69, 9.17) is 4.74 Å². The molecule has 1 heterocycles. The Morgan fingerprint density at radius 3 is 2.46 bits per heavy atom. The van der Waals surface area contributed by atoms with E-state index in [1.165, 1.54) is 7.11 Å². The highest BCUT2D eigenvalue weighted by Gasteiger charge is 2.61. The van der Waals surface area contributed by atoms with Gasteiger partial charge in [0, 0.05) is 32.7 Å². The van der Waals surface area contributed by atoms with Crippen molar-refractivity contribution in [1.82, 2.24) is 10.2 Å². The van der Waals surface area contributed by atoms with Gasteiger partial charge in [-0.05, 0) is 68.6 Å². The lowest BCUT2D eigenvalue weighted by atomic mass is 9.57. The Labute approximate surface area is 169 Å². The molecule has 0 aromatic heterocycles. The van der Waals surface area contributed by atoms with E-state index >= 15 is 0 Å². The van der Waals surface area contributed by atoms with Crippen LogP contribution in [0.25, 0.3) is 0 Å². The molecule has 1 saturated heterocycles. The number of fused-ring (bicyclic) bond motifs is 1. The first-order valence-electron chi connectivity index (χ1n) is 10.9. The third-order valence-corrected chi connectivity index (χ3v) is 7.71. The van der Waals surface area contributed by atoms with Gasteiger partial charge in [-0.15, -0.1) is 0 Å². The Hall–Kier alpha value is -1.14. The first-order valence-corrected chi connectivity index (χ1v) is 10.9. The van der Waals surface area contributed by atoms with Gasteiger partial charge in [-0.1, -0.05) is 13.8 Å². The van der Waals surface area contributed by atoms with Gasteiger partial charge < -0.3 is 20.1 Å². The van der Waals surface area contributed by atoms with Crippen molar-refractivity contribution in [3.63, 3.8) is 0 Å². The summed E-state index contributed by atoms with van der Waals surface area (Å²) in [4.78, 5) is 27.1. The number of aliphatic hydroxyl groups is 1. The lowest BCUT2D eigenvalue weighted by Gasteiger charge is -2.51. The van der Waals surface area contributed by atoms with Gasteiger partial charge in [-0.25, -0.2) is 0 Å². The van der Waals surface area contributed by atoms with E-state index in [1.807, 2.05) is 11.8 Å². The van der Waals surface area contributed by atoms with Crippen LogP contribution in [-0.2, 0) is 14.3 Å². The topological polar surface area (TPSA) is 78.9 Å². The number of nitrogens with one attached hydrogen (secondary N) is 1. The molecule has 3 rings (SSSR count). The standard InChI is InChI=1S/C22H38N2O4/c1-20(2)14-17(23-18(25)15-28-4)22(10-9-21(3,27)13-16(20)22)8-7-19(26)24-11-5-6-12-24/h16-17,27H,5-15H2,1-4H3,(H,23,25)/t16-,17-,21-,22-/m0/s1. The van der Waals surface area contributed by atoms with E-state index in [1.54, 1.807) is 0 Å². The fraction of sp³-hybridized carbons (Fsp3) is 0.909. The number of carbonyl (C=O) groups is 2. The van der Waals surface area contributed by atoms with E-state index in [2.05, 4.69) is 19.2 Å². The van der Waals surface area contributed by atoms with Crippen molar-refractivity contribution in [2.24, 2.45) is 16.7 Å². The zero-order valence-corrected chi connectivity index (χ0v) is 18.1. The average Bonchev–Trinajstić information content (AvgIpc) is 3.20. The Kier molecular flexibility index (Phi) is 6.12. The molecule has 0 radical (unpaired) electrons. The molecule has 28 heavy (non-hydrogen) atoms. The van der Waals surface area contributed by atoms with Gasteiger partial charge in [-0.2, -0.15) is 0 Å². The Bertz CT molecular complexity index is 597. The number of nitrogens with zero attached hydrogens (tertiary/aromatic N) is 1. The molecule has 6 heteroatoms. The summed E-state index contributed by atoms with van der Waals surface area (Å²) < 4.78 is 5.02. The van der Waals surface area contributed by atoms with Crippen LogP contribution in [0, 0.1) is 16.7 Å². The third-order valence-electron chi connectivity index (χ3n) is 7.71. The maximum absolute atomic E-state index is 12.8. The second-order valence-electron chi connectivity index (χ2n) is 10.3. The van der Waals surface area contributed by atoms with Crippen LogP contribution in [-0.4, -0.2) is 60.3 Å². The summed E-state index contributed by atoms with van der Waals surface area (Å²) in [5.41, 5.74) is -0.799. The molecule has 4 atom stereocenters. The van der Waals surface area contributed by atoms with Gasteiger partial charge in [0.25, 0.3) is 0 Å². The first-order chi connectivity index (χ1) is 13.1. The lowest BCUT2D eigenvalue weighted by molar-refractivity contribution is -0.132. The molecule has 2 amide bonds. The number of methoxy groups -OCH3 is 1. The summed E-state index contributed by atoms with van der Waals surface area (Å²) in [6.07, 6.45) is 6.69. The normalized spacial score (nSPS) is 37.0. The number of carbonyl (C=O) groups excluding carboxylic acids is 2. The summed E-state index contributed by atoms with van der Waals surface area (Å²) in [7, 11) is 1.53. The second-order valence-corrected chi connectivity index (χ2v) is 10.3. The molecule has 0 aromatic rings. The van der Waals surface area contributed by atoms with E-state index in [0.29, 0.717) is 12.8 Å². The zero-order valence-electron chi connectivity index (χ0n) is 18.1. The SMILES string of the molecule is COCC(=O)N[C@H]1CC(C)(C)[C@@H]2C[C@@](C)(O)CC[C@]12CCC(=O)N1CCCC1. The number of amides is 2. The number of hydrogen-bond acceptors (Lipinski definition) is 4. The van der Waals surface area contributed by atoms with E-state index in [9.17, 15) is 14.7 Å². The molecule has 160 valence electrons. The van der Waals surface area contributed by atoms with Gasteiger partial charge in [0.05, 0.1) is 5.60 Å². The molecular formula is C22H38N2O4. The predicted octanol–water partition coefficient (Wildman–Crippen LogP) is 2.49. The molecule has 1 aliphatic heterocycles. The van der Waals surface area contributed by atoms with E-state index in [-0.39, 0.29) is 41.2 Å². The van der Waals surface area contributed by atoms with Crippen molar-refractivity contribution >= 4 is 11.8 Å². The Morgan fingerprint density at radius 2 is 1.82 bits per heavy atom. The van der Waals surface area contributed by atoms with Crippen LogP contribution in [0.4, 0.5) is 0 Å².